The number of halogens is 1. The van der Waals surface area contributed by atoms with Crippen molar-refractivity contribution >= 4 is 11.7 Å². The maximum absolute atomic E-state index is 13.5. The fourth-order valence-electron chi connectivity index (χ4n) is 1.80. The number of benzene rings is 1. The van der Waals surface area contributed by atoms with E-state index in [1.165, 1.54) is 12.1 Å². The van der Waals surface area contributed by atoms with Crippen LogP contribution in [0, 0.1) is 12.7 Å². The predicted octanol–water partition coefficient (Wildman–Crippen LogP) is 2.18. The number of nitrogens with one attached hydrogen (secondary N) is 1. The van der Waals surface area contributed by atoms with Gasteiger partial charge in [-0.1, -0.05) is 6.07 Å². The van der Waals surface area contributed by atoms with E-state index < -0.39 is 11.8 Å². The van der Waals surface area contributed by atoms with Crippen LogP contribution in [-0.4, -0.2) is 20.9 Å². The number of anilines is 1. The van der Waals surface area contributed by atoms with Crippen molar-refractivity contribution in [1.29, 1.82) is 0 Å². The fourth-order valence-corrected chi connectivity index (χ4v) is 1.80. The van der Waals surface area contributed by atoms with Gasteiger partial charge in [0.2, 0.25) is 0 Å². The van der Waals surface area contributed by atoms with Crippen LogP contribution < -0.4 is 5.32 Å². The molecule has 19 heavy (non-hydrogen) atoms. The second kappa shape index (κ2) is 5.09. The number of carboxylic acids is 1. The molecule has 0 aliphatic heterocycles. The number of aromatic nitrogens is 2. The second-order valence-electron chi connectivity index (χ2n) is 4.20. The van der Waals surface area contributed by atoms with Crippen LogP contribution in [0.1, 0.15) is 21.6 Å². The molecule has 0 amide bonds. The SMILES string of the molecule is Cc1c(CNc2cccc(F)c2C(=O)O)cnn1C. The molecule has 0 saturated carbocycles. The van der Waals surface area contributed by atoms with E-state index >= 15 is 0 Å². The van der Waals surface area contributed by atoms with Crippen LogP contribution in [0.15, 0.2) is 24.4 Å². The third-order valence-corrected chi connectivity index (χ3v) is 3.03. The molecule has 0 spiro atoms. The molecule has 1 aromatic heterocycles. The number of aromatic carboxylic acids is 1. The molecular formula is C13H14FN3O2. The minimum atomic E-state index is -1.29. The number of aryl methyl sites for hydroxylation is 1. The summed E-state index contributed by atoms with van der Waals surface area (Å²) in [6.45, 7) is 2.30. The summed E-state index contributed by atoms with van der Waals surface area (Å²) in [5.41, 5.74) is 1.82. The van der Waals surface area contributed by atoms with Crippen LogP contribution in [-0.2, 0) is 13.6 Å². The Morgan fingerprint density at radius 3 is 2.84 bits per heavy atom. The lowest BCUT2D eigenvalue weighted by atomic mass is 10.1. The smallest absolute Gasteiger partial charge is 0.340 e. The van der Waals surface area contributed by atoms with Crippen LogP contribution in [0.2, 0.25) is 0 Å². The summed E-state index contributed by atoms with van der Waals surface area (Å²) < 4.78 is 15.2. The van der Waals surface area contributed by atoms with Crippen LogP contribution in [0.3, 0.4) is 0 Å². The Morgan fingerprint density at radius 1 is 1.53 bits per heavy atom. The van der Waals surface area contributed by atoms with Gasteiger partial charge in [-0.25, -0.2) is 9.18 Å². The first kappa shape index (κ1) is 13.1. The number of hydrogen-bond acceptors (Lipinski definition) is 3. The highest BCUT2D eigenvalue weighted by molar-refractivity contribution is 5.94. The zero-order valence-electron chi connectivity index (χ0n) is 10.6. The van der Waals surface area contributed by atoms with Gasteiger partial charge in [0.05, 0.1) is 11.9 Å². The van der Waals surface area contributed by atoms with Crippen LogP contribution >= 0.6 is 0 Å². The quantitative estimate of drug-likeness (QED) is 0.887. The minimum Gasteiger partial charge on any atom is -0.478 e. The summed E-state index contributed by atoms with van der Waals surface area (Å²) in [5.74, 6) is -2.04. The highest BCUT2D eigenvalue weighted by atomic mass is 19.1. The Kier molecular flexibility index (Phi) is 3.50. The fraction of sp³-hybridized carbons (Fsp3) is 0.231. The van der Waals surface area contributed by atoms with Crippen molar-refractivity contribution in [1.82, 2.24) is 9.78 Å². The standard InChI is InChI=1S/C13H14FN3O2/c1-8-9(7-16-17(8)2)6-15-11-5-3-4-10(14)12(11)13(18)19/h3-5,7,15H,6H2,1-2H3,(H,18,19). The number of nitrogens with zero attached hydrogens (tertiary/aromatic N) is 2. The van der Waals surface area contributed by atoms with Gasteiger partial charge in [0.25, 0.3) is 0 Å². The summed E-state index contributed by atoms with van der Waals surface area (Å²) >= 11 is 0. The molecule has 0 aliphatic carbocycles. The van der Waals surface area contributed by atoms with E-state index in [2.05, 4.69) is 10.4 Å². The van der Waals surface area contributed by atoms with Crippen molar-refractivity contribution in [3.8, 4) is 0 Å². The third kappa shape index (κ3) is 2.57. The Balaban J connectivity index is 2.23. The first-order valence-corrected chi connectivity index (χ1v) is 5.74. The summed E-state index contributed by atoms with van der Waals surface area (Å²) in [5, 5.41) is 16.0. The Hall–Kier alpha value is -2.37. The summed E-state index contributed by atoms with van der Waals surface area (Å²) in [7, 11) is 1.82. The van der Waals surface area contributed by atoms with E-state index in [0.717, 1.165) is 17.3 Å². The summed E-state index contributed by atoms with van der Waals surface area (Å²) in [6.07, 6.45) is 1.70. The molecule has 2 aromatic rings. The van der Waals surface area contributed by atoms with E-state index in [0.29, 0.717) is 6.54 Å². The normalized spacial score (nSPS) is 10.5. The van der Waals surface area contributed by atoms with E-state index in [1.54, 1.807) is 10.9 Å². The van der Waals surface area contributed by atoms with Crippen molar-refractivity contribution in [3.05, 3.63) is 47.0 Å². The molecule has 100 valence electrons. The second-order valence-corrected chi connectivity index (χ2v) is 4.20. The van der Waals surface area contributed by atoms with Gasteiger partial charge in [-0.3, -0.25) is 4.68 Å². The van der Waals surface area contributed by atoms with Crippen LogP contribution in [0.4, 0.5) is 10.1 Å². The maximum atomic E-state index is 13.5. The number of hydrogen-bond donors (Lipinski definition) is 2. The van der Waals surface area contributed by atoms with Gasteiger partial charge in [0, 0.05) is 24.8 Å². The molecule has 2 N–H and O–H groups in total. The van der Waals surface area contributed by atoms with Gasteiger partial charge >= 0.3 is 5.97 Å². The Labute approximate surface area is 109 Å². The number of rotatable bonds is 4. The molecule has 1 aromatic carbocycles. The molecule has 0 atom stereocenters. The molecule has 1 heterocycles. The molecule has 2 rings (SSSR count). The lowest BCUT2D eigenvalue weighted by molar-refractivity contribution is 0.0693. The van der Waals surface area contributed by atoms with Crippen molar-refractivity contribution in [2.24, 2.45) is 7.05 Å². The first-order valence-electron chi connectivity index (χ1n) is 5.74. The largest absolute Gasteiger partial charge is 0.478 e. The van der Waals surface area contributed by atoms with E-state index in [-0.39, 0.29) is 11.3 Å². The summed E-state index contributed by atoms with van der Waals surface area (Å²) in [6, 6.07) is 4.14. The Bertz CT molecular complexity index is 622. The predicted molar refractivity (Wildman–Crippen MR) is 68.6 cm³/mol. The maximum Gasteiger partial charge on any atom is 0.340 e. The molecule has 0 unspecified atom stereocenters. The zero-order valence-corrected chi connectivity index (χ0v) is 10.6. The highest BCUT2D eigenvalue weighted by Gasteiger charge is 2.15. The van der Waals surface area contributed by atoms with Gasteiger partial charge in [0.15, 0.2) is 0 Å². The van der Waals surface area contributed by atoms with Crippen molar-refractivity contribution in [2.75, 3.05) is 5.32 Å². The zero-order chi connectivity index (χ0) is 14.0. The average Bonchev–Trinajstić information content (AvgIpc) is 2.67. The van der Waals surface area contributed by atoms with Crippen LogP contribution in [0.25, 0.3) is 0 Å². The molecule has 6 heteroatoms. The molecule has 5 nitrogen and oxygen atoms in total. The molecular weight excluding hydrogens is 249 g/mol. The van der Waals surface area contributed by atoms with Crippen molar-refractivity contribution in [2.45, 2.75) is 13.5 Å². The lowest BCUT2D eigenvalue weighted by Gasteiger charge is -2.09. The topological polar surface area (TPSA) is 67.2 Å². The van der Waals surface area contributed by atoms with E-state index in [4.69, 9.17) is 5.11 Å². The van der Waals surface area contributed by atoms with Gasteiger partial charge in [0.1, 0.15) is 11.4 Å². The van der Waals surface area contributed by atoms with Gasteiger partial charge in [-0.05, 0) is 19.1 Å². The monoisotopic (exact) mass is 263 g/mol. The lowest BCUT2D eigenvalue weighted by Crippen LogP contribution is -2.09. The Morgan fingerprint density at radius 2 is 2.26 bits per heavy atom. The minimum absolute atomic E-state index is 0.260. The van der Waals surface area contributed by atoms with Crippen molar-refractivity contribution in [3.63, 3.8) is 0 Å². The van der Waals surface area contributed by atoms with E-state index in [1.807, 2.05) is 14.0 Å². The molecule has 0 fully saturated rings. The van der Waals surface area contributed by atoms with Gasteiger partial charge < -0.3 is 10.4 Å². The van der Waals surface area contributed by atoms with Crippen molar-refractivity contribution < 1.29 is 14.3 Å². The molecule has 0 radical (unpaired) electrons. The highest BCUT2D eigenvalue weighted by Crippen LogP contribution is 2.20. The average molecular weight is 263 g/mol. The number of carboxylic acid groups (broad SMARTS) is 1. The third-order valence-electron chi connectivity index (χ3n) is 3.03. The molecule has 0 bridgehead atoms. The van der Waals surface area contributed by atoms with E-state index in [9.17, 15) is 9.18 Å². The van der Waals surface area contributed by atoms with Gasteiger partial charge in [-0.2, -0.15) is 5.10 Å². The first-order chi connectivity index (χ1) is 9.00. The van der Waals surface area contributed by atoms with Gasteiger partial charge in [-0.15, -0.1) is 0 Å². The molecule has 0 aliphatic rings. The summed E-state index contributed by atoms with van der Waals surface area (Å²) in [4.78, 5) is 11.0. The number of carbonyl (C=O) groups is 1. The van der Waals surface area contributed by atoms with Crippen LogP contribution in [0.5, 0.6) is 0 Å². The molecule has 0 saturated heterocycles.